The van der Waals surface area contributed by atoms with Gasteiger partial charge in [0.15, 0.2) is 0 Å². The van der Waals surface area contributed by atoms with Crippen LogP contribution in [0.1, 0.15) is 44.3 Å². The number of hydrogen-bond acceptors (Lipinski definition) is 8. The Morgan fingerprint density at radius 2 is 1.71 bits per heavy atom. The van der Waals surface area contributed by atoms with Crippen molar-refractivity contribution in [1.82, 2.24) is 5.32 Å². The van der Waals surface area contributed by atoms with E-state index < -0.39 is 16.1 Å². The molecule has 1 unspecified atom stereocenters. The first-order valence-corrected chi connectivity index (χ1v) is 17.5. The van der Waals surface area contributed by atoms with E-state index in [9.17, 15) is 18.3 Å². The zero-order valence-corrected chi connectivity index (χ0v) is 28.1. The zero-order chi connectivity index (χ0) is 34.4. The van der Waals surface area contributed by atoms with Crippen LogP contribution in [0.25, 0.3) is 11.1 Å². The van der Waals surface area contributed by atoms with E-state index in [2.05, 4.69) is 10.0 Å². The molecule has 5 aromatic rings. The summed E-state index contributed by atoms with van der Waals surface area (Å²) in [6.07, 6.45) is -0.985. The number of rotatable bonds is 11. The summed E-state index contributed by atoms with van der Waals surface area (Å²) in [5.74, 6) is 0.880. The van der Waals surface area contributed by atoms with Crippen LogP contribution in [0.3, 0.4) is 0 Å². The molecule has 4 bridgehead atoms. The smallest absolute Gasteiger partial charge is 0.338 e. The Balaban J connectivity index is 1.02. The van der Waals surface area contributed by atoms with Crippen molar-refractivity contribution in [2.45, 2.75) is 38.1 Å². The molecule has 1 aliphatic heterocycles. The van der Waals surface area contributed by atoms with Crippen molar-refractivity contribution in [1.29, 1.82) is 0 Å². The van der Waals surface area contributed by atoms with Crippen molar-refractivity contribution in [3.63, 3.8) is 0 Å². The average molecular weight is 679 g/mol. The minimum Gasteiger partial charge on any atom is -0.492 e. The van der Waals surface area contributed by atoms with Gasteiger partial charge in [-0.25, -0.2) is 13.2 Å². The van der Waals surface area contributed by atoms with Crippen molar-refractivity contribution in [2.75, 3.05) is 24.4 Å². The monoisotopic (exact) mass is 678 g/mol. The fourth-order valence-corrected chi connectivity index (χ4v) is 6.76. The number of esters is 1. The van der Waals surface area contributed by atoms with Crippen LogP contribution in [0.2, 0.25) is 0 Å². The van der Waals surface area contributed by atoms with Crippen LogP contribution in [0.15, 0.2) is 114 Å². The molecule has 49 heavy (non-hydrogen) atoms. The summed E-state index contributed by atoms with van der Waals surface area (Å²) in [4.78, 5) is 12.7. The molecule has 5 aromatic carbocycles. The molecule has 3 N–H and O–H groups in total. The molecule has 0 amide bonds. The molecule has 252 valence electrons. The van der Waals surface area contributed by atoms with Gasteiger partial charge in [-0.05, 0) is 83.6 Å². The molecule has 0 aliphatic carbocycles. The highest BCUT2D eigenvalue weighted by atomic mass is 32.2. The van der Waals surface area contributed by atoms with E-state index in [0.717, 1.165) is 39.1 Å². The molecule has 0 aromatic heterocycles. The number of carbonyl (C=O) groups excluding carboxylic acids is 1. The van der Waals surface area contributed by atoms with E-state index in [1.165, 1.54) is 6.07 Å². The summed E-state index contributed by atoms with van der Waals surface area (Å²) in [5, 5.41) is 14.2. The molecule has 0 saturated heterocycles. The van der Waals surface area contributed by atoms with E-state index >= 15 is 0 Å². The van der Waals surface area contributed by atoms with Gasteiger partial charge in [-0.1, -0.05) is 66.7 Å². The second-order valence-corrected chi connectivity index (χ2v) is 13.5. The zero-order valence-electron chi connectivity index (χ0n) is 27.3. The Kier molecular flexibility index (Phi) is 10.3. The lowest BCUT2D eigenvalue weighted by Crippen LogP contribution is -2.27. The Hall–Kier alpha value is -5.16. The number of aliphatic hydroxyl groups is 1. The van der Waals surface area contributed by atoms with Gasteiger partial charge in [-0.3, -0.25) is 4.72 Å². The molecule has 0 spiro atoms. The van der Waals surface area contributed by atoms with Gasteiger partial charge in [0.2, 0.25) is 0 Å². The van der Waals surface area contributed by atoms with E-state index in [-0.39, 0.29) is 36.3 Å². The van der Waals surface area contributed by atoms with Gasteiger partial charge in [0, 0.05) is 24.7 Å². The van der Waals surface area contributed by atoms with Gasteiger partial charge in [0.05, 0.1) is 22.3 Å². The van der Waals surface area contributed by atoms with Gasteiger partial charge in [-0.15, -0.1) is 0 Å². The van der Waals surface area contributed by atoms with Crippen LogP contribution in [0.4, 0.5) is 5.69 Å². The number of anilines is 1. The largest absolute Gasteiger partial charge is 0.492 e. The number of carbonyl (C=O) groups is 1. The Morgan fingerprint density at radius 1 is 0.918 bits per heavy atom. The number of benzene rings is 5. The van der Waals surface area contributed by atoms with Gasteiger partial charge in [0.25, 0.3) is 10.0 Å². The standard InChI is InChI=1S/C39H38N2O7S/c1-26-27(2)38(18-17-34(26)30-11-13-31(14-12-30)39(43)48-24-28-7-4-3-5-8-28)46-20-19-40-23-37(42)35-16-15-32-22-36(35)41-49(44,45)33-10-6-9-29(21-33)25-47-32/h3-18,21-22,37,40-42H,19-20,23-25H2,1-2H3. The molecule has 6 rings (SSSR count). The normalized spacial score (nSPS) is 13.8. The summed E-state index contributed by atoms with van der Waals surface area (Å²) in [6.45, 7) is 5.49. The van der Waals surface area contributed by atoms with Crippen LogP contribution >= 0.6 is 0 Å². The minimum absolute atomic E-state index is 0.129. The molecule has 10 heteroatoms. The summed E-state index contributed by atoms with van der Waals surface area (Å²) < 4.78 is 46.1. The highest BCUT2D eigenvalue weighted by Crippen LogP contribution is 2.33. The number of nitrogens with one attached hydrogen (secondary N) is 2. The molecule has 9 nitrogen and oxygen atoms in total. The van der Waals surface area contributed by atoms with Crippen LogP contribution in [0, 0.1) is 13.8 Å². The number of aliphatic hydroxyl groups excluding tert-OH is 1. The molecular weight excluding hydrogens is 641 g/mol. The molecule has 0 fully saturated rings. The second kappa shape index (κ2) is 14.9. The SMILES string of the molecule is Cc1c(OCCNCC(O)c2ccc3cc2NS(=O)(=O)c2cccc(c2)CO3)ccc(-c2ccc(C(=O)OCc3ccccc3)cc2)c1C. The van der Waals surface area contributed by atoms with Gasteiger partial charge in [-0.2, -0.15) is 0 Å². The third-order valence-corrected chi connectivity index (χ3v) is 9.86. The minimum atomic E-state index is -3.86. The predicted molar refractivity (Wildman–Crippen MR) is 188 cm³/mol. The van der Waals surface area contributed by atoms with Crippen molar-refractivity contribution in [3.8, 4) is 22.6 Å². The third kappa shape index (κ3) is 8.11. The first-order valence-electron chi connectivity index (χ1n) is 16.0. The van der Waals surface area contributed by atoms with Crippen LogP contribution < -0.4 is 19.5 Å². The maximum Gasteiger partial charge on any atom is 0.338 e. The Bertz CT molecular complexity index is 2050. The van der Waals surface area contributed by atoms with E-state index in [1.54, 1.807) is 42.5 Å². The fraction of sp³-hybridized carbons (Fsp3) is 0.205. The predicted octanol–water partition coefficient (Wildman–Crippen LogP) is 6.72. The lowest BCUT2D eigenvalue weighted by atomic mass is 9.96. The number of fused-ring (bicyclic) bond motifs is 4. The van der Waals surface area contributed by atoms with E-state index in [4.69, 9.17) is 14.2 Å². The number of hydrogen-bond donors (Lipinski definition) is 3. The Labute approximate surface area is 286 Å². The second-order valence-electron chi connectivity index (χ2n) is 11.9. The fourth-order valence-electron chi connectivity index (χ4n) is 5.62. The molecule has 1 atom stereocenters. The van der Waals surface area contributed by atoms with Crippen molar-refractivity contribution in [2.24, 2.45) is 0 Å². The maximum atomic E-state index is 13.1. The molecule has 0 saturated carbocycles. The van der Waals surface area contributed by atoms with E-state index in [1.807, 2.05) is 74.5 Å². The maximum absolute atomic E-state index is 13.1. The summed E-state index contributed by atoms with van der Waals surface area (Å²) in [6, 6.07) is 32.5. The van der Waals surface area contributed by atoms with E-state index in [0.29, 0.717) is 30.0 Å². The third-order valence-electron chi connectivity index (χ3n) is 8.50. The summed E-state index contributed by atoms with van der Waals surface area (Å²) >= 11 is 0. The molecule has 1 aliphatic rings. The number of ether oxygens (including phenoxy) is 3. The molecule has 0 radical (unpaired) electrons. The van der Waals surface area contributed by atoms with Crippen LogP contribution in [-0.4, -0.2) is 39.2 Å². The van der Waals surface area contributed by atoms with Crippen molar-refractivity contribution in [3.05, 3.63) is 143 Å². The van der Waals surface area contributed by atoms with Gasteiger partial charge < -0.3 is 24.6 Å². The molecular formula is C39H38N2O7S. The first-order chi connectivity index (χ1) is 23.7. The lowest BCUT2D eigenvalue weighted by molar-refractivity contribution is 0.0472. The molecule has 1 heterocycles. The quantitative estimate of drug-likeness (QED) is 0.104. The Morgan fingerprint density at radius 3 is 2.51 bits per heavy atom. The highest BCUT2D eigenvalue weighted by molar-refractivity contribution is 7.92. The first kappa shape index (κ1) is 33.7. The van der Waals surface area contributed by atoms with Gasteiger partial charge >= 0.3 is 5.97 Å². The highest BCUT2D eigenvalue weighted by Gasteiger charge is 2.22. The summed E-state index contributed by atoms with van der Waals surface area (Å²) in [7, 11) is -3.86. The van der Waals surface area contributed by atoms with Gasteiger partial charge in [0.1, 0.15) is 31.3 Å². The number of sulfonamides is 1. The topological polar surface area (TPSA) is 123 Å². The van der Waals surface area contributed by atoms with Crippen molar-refractivity contribution >= 4 is 21.7 Å². The summed E-state index contributed by atoms with van der Waals surface area (Å²) in [5.41, 5.74) is 6.95. The van der Waals surface area contributed by atoms with Crippen LogP contribution in [-0.2, 0) is 28.0 Å². The lowest BCUT2D eigenvalue weighted by Gasteiger charge is -2.20. The average Bonchev–Trinajstić information content (AvgIpc) is 3.11. The van der Waals surface area contributed by atoms with Crippen LogP contribution in [0.5, 0.6) is 11.5 Å². The van der Waals surface area contributed by atoms with Crippen molar-refractivity contribution < 1.29 is 32.5 Å².